The molecule has 0 bridgehead atoms. The van der Waals surface area contributed by atoms with Crippen molar-refractivity contribution in [3.8, 4) is 5.75 Å². The molecule has 0 spiro atoms. The predicted molar refractivity (Wildman–Crippen MR) is 47.4 cm³/mol. The second kappa shape index (κ2) is 3.91. The zero-order valence-corrected chi connectivity index (χ0v) is 7.03. The highest BCUT2D eigenvalue weighted by molar-refractivity contribution is 5.95. The van der Waals surface area contributed by atoms with Gasteiger partial charge in [-0.25, -0.2) is 0 Å². The first-order valence-corrected chi connectivity index (χ1v) is 3.88. The van der Waals surface area contributed by atoms with Crippen LogP contribution in [0.3, 0.4) is 0 Å². The van der Waals surface area contributed by atoms with Gasteiger partial charge in [-0.2, -0.15) is 0 Å². The molecule has 1 aromatic carbocycles. The number of aliphatic hydroxyl groups excluding tert-OH is 1. The Morgan fingerprint density at radius 1 is 1.46 bits per heavy atom. The molecular weight excluding hydrogens is 170 g/mol. The molecule has 0 radical (unpaired) electrons. The third kappa shape index (κ3) is 1.97. The van der Waals surface area contributed by atoms with E-state index in [0.29, 0.717) is 12.0 Å². The Labute approximate surface area is 75.6 Å². The fourth-order valence-electron chi connectivity index (χ4n) is 1.11. The number of carbonyl (C=O) groups is 1. The molecule has 0 saturated heterocycles. The molecule has 1 amide bonds. The lowest BCUT2D eigenvalue weighted by molar-refractivity contribution is 0.0997. The molecule has 0 unspecified atom stereocenters. The zero-order chi connectivity index (χ0) is 9.84. The highest BCUT2D eigenvalue weighted by Crippen LogP contribution is 2.21. The molecule has 1 rings (SSSR count). The van der Waals surface area contributed by atoms with E-state index in [1.54, 1.807) is 12.1 Å². The lowest BCUT2D eigenvalue weighted by Crippen LogP contribution is -2.11. The first-order chi connectivity index (χ1) is 6.16. The predicted octanol–water partition coefficient (Wildman–Crippen LogP) is 0.0259. The smallest absolute Gasteiger partial charge is 0.252 e. The summed E-state index contributed by atoms with van der Waals surface area (Å²) >= 11 is 0. The number of carbonyl (C=O) groups excluding carboxylic acids is 1. The fourth-order valence-corrected chi connectivity index (χ4v) is 1.11. The van der Waals surface area contributed by atoms with Gasteiger partial charge in [0, 0.05) is 6.61 Å². The first kappa shape index (κ1) is 9.54. The van der Waals surface area contributed by atoms with Crippen molar-refractivity contribution in [3.63, 3.8) is 0 Å². The Morgan fingerprint density at radius 2 is 2.15 bits per heavy atom. The van der Waals surface area contributed by atoms with Gasteiger partial charge in [-0.05, 0) is 18.1 Å². The van der Waals surface area contributed by atoms with Gasteiger partial charge in [0.05, 0.1) is 5.56 Å². The van der Waals surface area contributed by atoms with Crippen LogP contribution in [0.1, 0.15) is 15.9 Å². The van der Waals surface area contributed by atoms with E-state index in [-0.39, 0.29) is 17.9 Å². The van der Waals surface area contributed by atoms with Crippen LogP contribution in [0.25, 0.3) is 0 Å². The van der Waals surface area contributed by atoms with E-state index in [1.807, 2.05) is 0 Å². The number of hydrogen-bond donors (Lipinski definition) is 3. The number of primary amides is 1. The van der Waals surface area contributed by atoms with Gasteiger partial charge in [0.25, 0.3) is 5.91 Å². The van der Waals surface area contributed by atoms with Crippen LogP contribution in [0, 0.1) is 0 Å². The van der Waals surface area contributed by atoms with Gasteiger partial charge in [-0.3, -0.25) is 4.79 Å². The molecule has 70 valence electrons. The van der Waals surface area contributed by atoms with E-state index in [4.69, 9.17) is 10.8 Å². The summed E-state index contributed by atoms with van der Waals surface area (Å²) in [5.41, 5.74) is 5.63. The summed E-state index contributed by atoms with van der Waals surface area (Å²) in [7, 11) is 0. The maximum Gasteiger partial charge on any atom is 0.252 e. The molecule has 0 heterocycles. The number of rotatable bonds is 3. The Balaban J connectivity index is 3.10. The number of para-hydroxylation sites is 1. The van der Waals surface area contributed by atoms with Crippen LogP contribution >= 0.6 is 0 Å². The quantitative estimate of drug-likeness (QED) is 0.615. The average molecular weight is 181 g/mol. The van der Waals surface area contributed by atoms with Crippen molar-refractivity contribution < 1.29 is 15.0 Å². The van der Waals surface area contributed by atoms with Gasteiger partial charge in [-0.15, -0.1) is 0 Å². The molecule has 0 aliphatic carbocycles. The minimum absolute atomic E-state index is 0.0736. The minimum atomic E-state index is -0.669. The summed E-state index contributed by atoms with van der Waals surface area (Å²) in [6, 6.07) is 4.70. The Kier molecular flexibility index (Phi) is 2.87. The summed E-state index contributed by atoms with van der Waals surface area (Å²) in [5.74, 6) is -0.804. The molecule has 13 heavy (non-hydrogen) atoms. The van der Waals surface area contributed by atoms with Crippen molar-refractivity contribution in [2.75, 3.05) is 6.61 Å². The van der Waals surface area contributed by atoms with E-state index in [1.165, 1.54) is 6.07 Å². The van der Waals surface area contributed by atoms with Gasteiger partial charge in [0.2, 0.25) is 0 Å². The number of aromatic hydroxyl groups is 1. The lowest BCUT2D eigenvalue weighted by atomic mass is 10.1. The lowest BCUT2D eigenvalue weighted by Gasteiger charge is -2.05. The third-order valence-electron chi connectivity index (χ3n) is 1.77. The average Bonchev–Trinajstić information content (AvgIpc) is 2.08. The largest absolute Gasteiger partial charge is 0.507 e. The molecule has 0 fully saturated rings. The zero-order valence-electron chi connectivity index (χ0n) is 7.03. The topological polar surface area (TPSA) is 83.6 Å². The molecule has 0 aliphatic rings. The van der Waals surface area contributed by atoms with E-state index >= 15 is 0 Å². The molecule has 0 aromatic heterocycles. The van der Waals surface area contributed by atoms with Crippen LogP contribution in [-0.2, 0) is 6.42 Å². The normalized spacial score (nSPS) is 9.92. The molecule has 0 saturated carbocycles. The summed E-state index contributed by atoms with van der Waals surface area (Å²) < 4.78 is 0. The number of amides is 1. The Morgan fingerprint density at radius 3 is 2.69 bits per heavy atom. The van der Waals surface area contributed by atoms with Crippen molar-refractivity contribution in [2.24, 2.45) is 5.73 Å². The number of benzene rings is 1. The molecule has 0 atom stereocenters. The van der Waals surface area contributed by atoms with Crippen LogP contribution in [0.15, 0.2) is 18.2 Å². The summed E-state index contributed by atoms with van der Waals surface area (Å²) in [4.78, 5) is 10.8. The molecule has 1 aromatic rings. The summed E-state index contributed by atoms with van der Waals surface area (Å²) in [6.45, 7) is -0.0736. The van der Waals surface area contributed by atoms with Crippen LogP contribution < -0.4 is 5.73 Å². The molecule has 4 heteroatoms. The fraction of sp³-hybridized carbons (Fsp3) is 0.222. The third-order valence-corrected chi connectivity index (χ3v) is 1.77. The SMILES string of the molecule is NC(=O)c1cccc(CCO)c1O. The summed E-state index contributed by atoms with van der Waals surface area (Å²) in [5, 5.41) is 18.1. The Hall–Kier alpha value is -1.55. The molecular formula is C9H11NO3. The molecule has 0 aliphatic heterocycles. The number of phenols is 1. The van der Waals surface area contributed by atoms with E-state index in [9.17, 15) is 9.90 Å². The maximum atomic E-state index is 10.8. The van der Waals surface area contributed by atoms with E-state index in [0.717, 1.165) is 0 Å². The van der Waals surface area contributed by atoms with Gasteiger partial charge in [0.1, 0.15) is 5.75 Å². The van der Waals surface area contributed by atoms with Crippen molar-refractivity contribution in [1.82, 2.24) is 0 Å². The standard InChI is InChI=1S/C9H11NO3/c10-9(13)7-3-1-2-6(4-5-11)8(7)12/h1-3,11-12H,4-5H2,(H2,10,13). The summed E-state index contributed by atoms with van der Waals surface area (Å²) in [6.07, 6.45) is 0.312. The van der Waals surface area contributed by atoms with E-state index < -0.39 is 5.91 Å². The van der Waals surface area contributed by atoms with Crippen LogP contribution in [0.5, 0.6) is 5.75 Å². The van der Waals surface area contributed by atoms with Crippen LogP contribution in [-0.4, -0.2) is 22.7 Å². The van der Waals surface area contributed by atoms with Gasteiger partial charge in [-0.1, -0.05) is 12.1 Å². The second-order valence-electron chi connectivity index (χ2n) is 2.65. The highest BCUT2D eigenvalue weighted by atomic mass is 16.3. The first-order valence-electron chi connectivity index (χ1n) is 3.88. The van der Waals surface area contributed by atoms with Gasteiger partial charge >= 0.3 is 0 Å². The molecule has 4 nitrogen and oxygen atoms in total. The van der Waals surface area contributed by atoms with Gasteiger partial charge in [0.15, 0.2) is 0 Å². The number of hydrogen-bond acceptors (Lipinski definition) is 3. The molecule has 4 N–H and O–H groups in total. The van der Waals surface area contributed by atoms with Gasteiger partial charge < -0.3 is 15.9 Å². The van der Waals surface area contributed by atoms with Crippen LogP contribution in [0.2, 0.25) is 0 Å². The monoisotopic (exact) mass is 181 g/mol. The second-order valence-corrected chi connectivity index (χ2v) is 2.65. The van der Waals surface area contributed by atoms with Crippen molar-refractivity contribution in [3.05, 3.63) is 29.3 Å². The minimum Gasteiger partial charge on any atom is -0.507 e. The van der Waals surface area contributed by atoms with Crippen molar-refractivity contribution in [1.29, 1.82) is 0 Å². The van der Waals surface area contributed by atoms with E-state index in [2.05, 4.69) is 0 Å². The van der Waals surface area contributed by atoms with Crippen molar-refractivity contribution >= 4 is 5.91 Å². The Bertz CT molecular complexity index is 323. The van der Waals surface area contributed by atoms with Crippen LogP contribution in [0.4, 0.5) is 0 Å². The number of aliphatic hydroxyl groups is 1. The maximum absolute atomic E-state index is 10.8. The van der Waals surface area contributed by atoms with Crippen molar-refractivity contribution in [2.45, 2.75) is 6.42 Å². The highest BCUT2D eigenvalue weighted by Gasteiger charge is 2.10. The number of nitrogens with two attached hydrogens (primary N) is 1.